The number of aromatic hydroxyl groups is 4. The number of nitrogens with one attached hydrogen (secondary N) is 8. The number of unbranched alkanes of at least 4 members (excludes halogenated alkanes) is 14. The summed E-state index contributed by atoms with van der Waals surface area (Å²) in [6, 6.07) is 15.8. The van der Waals surface area contributed by atoms with Crippen molar-refractivity contribution in [2.45, 2.75) is 215 Å². The molecule has 26 nitrogen and oxygen atoms in total. The number of amides is 8. The first kappa shape index (κ1) is 90.6. The molecule has 0 aliphatic carbocycles. The number of urea groups is 2. The monoisotopic (exact) mass is 1420 g/mol. The first-order chi connectivity index (χ1) is 48.5. The summed E-state index contributed by atoms with van der Waals surface area (Å²) in [7, 11) is 4.48. The molecular formula is C75H124N10O16. The molecular weight excluding hydrogens is 1300 g/mol. The smallest absolute Gasteiger partial charge is 0.411 e. The zero-order valence-corrected chi connectivity index (χ0v) is 62.2. The zero-order chi connectivity index (χ0) is 75.2. The van der Waals surface area contributed by atoms with Gasteiger partial charge in [-0.2, -0.15) is 0 Å². The van der Waals surface area contributed by atoms with Gasteiger partial charge in [-0.05, 0) is 118 Å². The molecule has 4 atom stereocenters. The number of anilines is 8. The van der Waals surface area contributed by atoms with Crippen LogP contribution < -0.4 is 54.0 Å². The Labute approximate surface area is 600 Å². The van der Waals surface area contributed by atoms with Crippen molar-refractivity contribution in [2.24, 2.45) is 11.8 Å². The number of ether oxygens (including phenoxy) is 6. The van der Waals surface area contributed by atoms with Gasteiger partial charge in [0.1, 0.15) is 48.4 Å². The third-order valence-electron chi connectivity index (χ3n) is 15.7. The van der Waals surface area contributed by atoms with Gasteiger partial charge >= 0.3 is 24.2 Å². The van der Waals surface area contributed by atoms with Crippen LogP contribution in [0.1, 0.15) is 202 Å². The summed E-state index contributed by atoms with van der Waals surface area (Å²) >= 11 is 0. The van der Waals surface area contributed by atoms with Crippen LogP contribution in [0.2, 0.25) is 0 Å². The molecule has 4 rings (SSSR count). The third-order valence-corrected chi connectivity index (χ3v) is 15.7. The molecule has 0 spiro atoms. The molecule has 4 aromatic rings. The molecule has 26 heteroatoms. The number of rotatable bonds is 44. The maximum atomic E-state index is 13.2. The van der Waals surface area contributed by atoms with Crippen LogP contribution in [0, 0.1) is 18.8 Å². The van der Waals surface area contributed by atoms with E-state index in [-0.39, 0.29) is 90.0 Å². The quantitative estimate of drug-likeness (QED) is 0.00846. The first-order valence-corrected chi connectivity index (χ1v) is 36.1. The Morgan fingerprint density at radius 3 is 1.36 bits per heavy atom. The molecule has 0 aromatic heterocycles. The number of benzene rings is 4. The Bertz CT molecular complexity index is 2940. The van der Waals surface area contributed by atoms with Gasteiger partial charge in [-0.15, -0.1) is 0 Å². The molecule has 0 bridgehead atoms. The number of aryl methyl sites for hydroxylation is 1. The fraction of sp³-hybridized carbons (Fsp3) is 0.600. The standard InChI is InChI=1S/C31H54N2O3.C27H46N2O9.C10H14N4O3.C7H10N2O/c1-5-8-11-14-15-18-21-26(20-17-13-10-7-3)31(36)32-27-22-23-29(34)28(24-27)33-30(35)25(4)19-16-12-9-6-2;1-5-8-13-34-18-23(36-15-10-7-3)20-37-26(31)28-21-11-12-25(30)24(16-21)29-27(32)38-19-22(17-33-4)35-14-9-6-2;1-11-9(16)13-6-3-4-8(15)7(5-6)14-10(17)12-2;1-4-2-5(8)3-6(9)7(4)10/h22-26,34H,5-21H2,1-4H3,(H,32,36)(H,33,35);11-12,16,22-23,30H,5-10,13-15,17-20H2,1-4H3,(H,28,31)(H,29,32);3-5,15H,1-2H3,(H2,11,13,16)(H2,12,14,17);2-3,10H,8-9H2,1H3. The van der Waals surface area contributed by atoms with E-state index >= 15 is 0 Å². The lowest BCUT2D eigenvalue weighted by molar-refractivity contribution is -0.120. The van der Waals surface area contributed by atoms with Gasteiger partial charge < -0.3 is 92.2 Å². The van der Waals surface area contributed by atoms with Gasteiger partial charge in [0.05, 0.1) is 36.0 Å². The van der Waals surface area contributed by atoms with E-state index in [9.17, 15) is 44.1 Å². The largest absolute Gasteiger partial charge is 0.506 e. The van der Waals surface area contributed by atoms with Crippen LogP contribution in [0.4, 0.5) is 64.7 Å². The molecule has 0 saturated carbocycles. The van der Waals surface area contributed by atoms with E-state index in [1.54, 1.807) is 38.3 Å². The van der Waals surface area contributed by atoms with Gasteiger partial charge in [0.15, 0.2) is 0 Å². The van der Waals surface area contributed by atoms with Gasteiger partial charge in [-0.1, -0.05) is 158 Å². The summed E-state index contributed by atoms with van der Waals surface area (Å²) in [6.07, 6.45) is 22.7. The Hall–Kier alpha value is -8.46. The normalized spacial score (nSPS) is 11.8. The molecule has 0 aliphatic heterocycles. The van der Waals surface area contributed by atoms with Crippen molar-refractivity contribution in [2.75, 3.05) is 111 Å². The molecule has 0 fully saturated rings. The molecule has 4 unspecified atom stereocenters. The Balaban J connectivity index is 0.000000742. The number of methoxy groups -OCH3 is 1. The van der Waals surface area contributed by atoms with E-state index in [1.807, 2.05) is 6.92 Å². The highest BCUT2D eigenvalue weighted by molar-refractivity contribution is 5.97. The number of hydrogen-bond acceptors (Lipinski definition) is 18. The van der Waals surface area contributed by atoms with Crippen molar-refractivity contribution in [3.05, 3.63) is 72.3 Å². The minimum atomic E-state index is -0.782. The van der Waals surface area contributed by atoms with Crippen molar-refractivity contribution in [1.82, 2.24) is 10.6 Å². The first-order valence-electron chi connectivity index (χ1n) is 36.1. The molecule has 0 aliphatic rings. The van der Waals surface area contributed by atoms with E-state index < -0.39 is 24.3 Å². The van der Waals surface area contributed by atoms with Gasteiger partial charge in [0, 0.05) is 75.6 Å². The maximum Gasteiger partial charge on any atom is 0.411 e. The number of carbonyl (C=O) groups excluding carboxylic acids is 6. The summed E-state index contributed by atoms with van der Waals surface area (Å²) in [5, 5.41) is 59.7. The zero-order valence-electron chi connectivity index (χ0n) is 62.2. The summed E-state index contributed by atoms with van der Waals surface area (Å²) in [6.45, 7) is 18.8. The van der Waals surface area contributed by atoms with Crippen LogP contribution >= 0.6 is 0 Å². The second-order valence-electron chi connectivity index (χ2n) is 24.7. The van der Waals surface area contributed by atoms with Gasteiger partial charge in [0.25, 0.3) is 0 Å². The summed E-state index contributed by atoms with van der Waals surface area (Å²) in [5.41, 5.74) is 14.4. The highest BCUT2D eigenvalue weighted by Crippen LogP contribution is 2.32. The van der Waals surface area contributed by atoms with Gasteiger partial charge in [0.2, 0.25) is 11.8 Å². The average Bonchev–Trinajstić information content (AvgIpc) is 0.880. The van der Waals surface area contributed by atoms with Crippen LogP contribution in [0.15, 0.2) is 66.7 Å². The molecule has 570 valence electrons. The highest BCUT2D eigenvalue weighted by atomic mass is 16.6. The minimum absolute atomic E-state index is 0.00279. The highest BCUT2D eigenvalue weighted by Gasteiger charge is 2.21. The van der Waals surface area contributed by atoms with E-state index in [4.69, 9.17) is 45.0 Å². The molecule has 8 amide bonds. The number of phenolic OH excluding ortho intramolecular Hbond substituents is 4. The Morgan fingerprint density at radius 1 is 0.446 bits per heavy atom. The molecule has 4 aromatic carbocycles. The number of nitrogen functional groups attached to an aromatic ring is 2. The third kappa shape index (κ3) is 42.4. The number of hydrogen-bond donors (Lipinski definition) is 14. The van der Waals surface area contributed by atoms with Crippen LogP contribution in [0.25, 0.3) is 0 Å². The van der Waals surface area contributed by atoms with E-state index in [0.29, 0.717) is 66.1 Å². The van der Waals surface area contributed by atoms with Gasteiger partial charge in [-0.3, -0.25) is 20.2 Å². The van der Waals surface area contributed by atoms with Crippen molar-refractivity contribution in [3.8, 4) is 23.0 Å². The average molecular weight is 1420 g/mol. The number of carbonyl (C=O) groups is 6. The Kier molecular flexibility index (Phi) is 50.4. The topological polar surface area (TPSA) is 387 Å². The lowest BCUT2D eigenvalue weighted by Gasteiger charge is -2.18. The number of nitrogens with two attached hydrogens (primary N) is 2. The molecule has 0 radical (unpaired) electrons. The summed E-state index contributed by atoms with van der Waals surface area (Å²) in [5.74, 6) is -0.308. The fourth-order valence-electron chi connectivity index (χ4n) is 9.62. The predicted molar refractivity (Wildman–Crippen MR) is 404 cm³/mol. The van der Waals surface area contributed by atoms with E-state index in [1.165, 1.54) is 121 Å². The second-order valence-corrected chi connectivity index (χ2v) is 24.7. The van der Waals surface area contributed by atoms with Crippen LogP contribution in [0.3, 0.4) is 0 Å². The SMILES string of the molecule is CCCCCCCCC(CCCCCC)C(=O)Nc1ccc(O)c(NC(=O)C(C)CCCCCC)c1.CCCCOCC(COC(=O)Nc1ccc(O)c(NC(=O)OCC(COC)OCCCC)c1)OCCCC.CNC(=O)Nc1ccc(O)c(NC(=O)NC)c1.Cc1cc(N)cc(N)c1O. The number of phenols is 4. The molecule has 0 heterocycles. The predicted octanol–water partition coefficient (Wildman–Crippen LogP) is 16.3. The van der Waals surface area contributed by atoms with Crippen molar-refractivity contribution >= 4 is 81.6 Å². The molecule has 0 saturated heterocycles. The minimum Gasteiger partial charge on any atom is -0.506 e. The molecule has 16 N–H and O–H groups in total. The van der Waals surface area contributed by atoms with Gasteiger partial charge in [-0.25, -0.2) is 19.2 Å². The second kappa shape index (κ2) is 56.2. The summed E-state index contributed by atoms with van der Waals surface area (Å²) < 4.78 is 32.7. The lowest BCUT2D eigenvalue weighted by atomic mass is 9.93. The van der Waals surface area contributed by atoms with E-state index in [0.717, 1.165) is 83.5 Å². The maximum absolute atomic E-state index is 13.2. The fourth-order valence-corrected chi connectivity index (χ4v) is 9.62. The van der Waals surface area contributed by atoms with E-state index in [2.05, 4.69) is 84.1 Å². The van der Waals surface area contributed by atoms with Crippen LogP contribution in [0.5, 0.6) is 23.0 Å². The van der Waals surface area contributed by atoms with Crippen LogP contribution in [-0.2, 0) is 38.0 Å². The van der Waals surface area contributed by atoms with Crippen molar-refractivity contribution in [3.63, 3.8) is 0 Å². The Morgan fingerprint density at radius 2 is 0.861 bits per heavy atom. The van der Waals surface area contributed by atoms with Crippen molar-refractivity contribution in [1.29, 1.82) is 0 Å². The lowest BCUT2D eigenvalue weighted by Crippen LogP contribution is -2.29. The van der Waals surface area contributed by atoms with Crippen LogP contribution in [-0.4, -0.2) is 136 Å². The van der Waals surface area contributed by atoms with Crippen molar-refractivity contribution < 1.29 is 77.6 Å². The summed E-state index contributed by atoms with van der Waals surface area (Å²) in [4.78, 5) is 72.6. The molecule has 101 heavy (non-hydrogen) atoms.